The topological polar surface area (TPSA) is 69.6 Å². The third-order valence-electron chi connectivity index (χ3n) is 7.37. The van der Waals surface area contributed by atoms with Crippen LogP contribution >= 0.6 is 0 Å². The number of rotatable bonds is 19. The van der Waals surface area contributed by atoms with E-state index in [-0.39, 0.29) is 17.2 Å². The van der Waals surface area contributed by atoms with Crippen LogP contribution in [0.25, 0.3) is 17.0 Å². The molecule has 0 unspecified atom stereocenters. The number of nitrogens with one attached hydrogen (secondary N) is 1. The molecular formula is C37H50N2O4. The third kappa shape index (κ3) is 11.1. The van der Waals surface area contributed by atoms with Gasteiger partial charge in [-0.1, -0.05) is 101 Å². The van der Waals surface area contributed by atoms with Crippen molar-refractivity contribution in [2.45, 2.75) is 98.4 Å². The number of hydrogen-bond donors (Lipinski definition) is 1. The summed E-state index contributed by atoms with van der Waals surface area (Å²) in [5, 5.41) is 3.76. The highest BCUT2D eigenvalue weighted by atomic mass is 16.5. The number of aromatic nitrogens is 1. The van der Waals surface area contributed by atoms with Crippen LogP contribution in [-0.4, -0.2) is 23.7 Å². The third-order valence-corrected chi connectivity index (χ3v) is 7.37. The predicted octanol–water partition coefficient (Wildman–Crippen LogP) is 9.32. The summed E-state index contributed by atoms with van der Waals surface area (Å²) >= 11 is 0. The molecule has 0 saturated carbocycles. The van der Waals surface area contributed by atoms with Gasteiger partial charge < -0.3 is 19.4 Å². The van der Waals surface area contributed by atoms with Gasteiger partial charge in [0.05, 0.1) is 12.1 Å². The maximum atomic E-state index is 14.0. The van der Waals surface area contributed by atoms with Crippen LogP contribution in [0.3, 0.4) is 0 Å². The number of unbranched alkanes of at least 4 members (excludes halogenated alkanes) is 8. The van der Waals surface area contributed by atoms with Gasteiger partial charge in [0.25, 0.3) is 5.56 Å². The van der Waals surface area contributed by atoms with Crippen LogP contribution in [0.1, 0.15) is 97.5 Å². The van der Waals surface area contributed by atoms with Gasteiger partial charge in [-0.15, -0.1) is 0 Å². The van der Waals surface area contributed by atoms with Gasteiger partial charge in [-0.2, -0.15) is 0 Å². The lowest BCUT2D eigenvalue weighted by Crippen LogP contribution is -2.24. The van der Waals surface area contributed by atoms with Crippen molar-refractivity contribution < 1.29 is 14.3 Å². The summed E-state index contributed by atoms with van der Waals surface area (Å²) in [4.78, 5) is 26.8. The lowest BCUT2D eigenvalue weighted by atomic mass is 10.1. The Morgan fingerprint density at radius 2 is 1.53 bits per heavy atom. The molecule has 1 heterocycles. The molecule has 1 aromatic heterocycles. The van der Waals surface area contributed by atoms with E-state index >= 15 is 0 Å². The van der Waals surface area contributed by atoms with Gasteiger partial charge in [0, 0.05) is 23.7 Å². The molecule has 0 aliphatic heterocycles. The van der Waals surface area contributed by atoms with E-state index in [4.69, 9.17) is 9.47 Å². The molecule has 0 saturated heterocycles. The molecule has 0 aliphatic rings. The summed E-state index contributed by atoms with van der Waals surface area (Å²) in [6.45, 7) is 9.82. The lowest BCUT2D eigenvalue weighted by Gasteiger charge is -2.19. The van der Waals surface area contributed by atoms with E-state index in [1.54, 1.807) is 10.6 Å². The van der Waals surface area contributed by atoms with Gasteiger partial charge in [-0.05, 0) is 62.6 Å². The molecule has 43 heavy (non-hydrogen) atoms. The van der Waals surface area contributed by atoms with Crippen molar-refractivity contribution in [3.05, 3.63) is 82.2 Å². The molecule has 6 heteroatoms. The van der Waals surface area contributed by atoms with Crippen molar-refractivity contribution in [2.24, 2.45) is 0 Å². The summed E-state index contributed by atoms with van der Waals surface area (Å²) in [7, 11) is 0. The SMILES string of the molecule is CCCCCCCCOc1c(OCC=C(C)C)c2ccc(NC(=O)/C=C/c3ccccc3)cc2n(CCCCCC)c1=O. The zero-order valence-electron chi connectivity index (χ0n) is 26.6. The van der Waals surface area contributed by atoms with E-state index in [1.165, 1.54) is 31.8 Å². The minimum absolute atomic E-state index is 0.186. The molecule has 3 aromatic rings. The zero-order valence-corrected chi connectivity index (χ0v) is 26.6. The molecule has 2 aromatic carbocycles. The monoisotopic (exact) mass is 586 g/mol. The zero-order chi connectivity index (χ0) is 30.9. The number of benzene rings is 2. The van der Waals surface area contributed by atoms with E-state index in [1.807, 2.05) is 68.5 Å². The summed E-state index contributed by atoms with van der Waals surface area (Å²) in [6.07, 6.45) is 16.3. The Labute approximate surface area is 257 Å². The second-order valence-electron chi connectivity index (χ2n) is 11.3. The van der Waals surface area contributed by atoms with Gasteiger partial charge in [-0.25, -0.2) is 0 Å². The van der Waals surface area contributed by atoms with Crippen LogP contribution in [0.4, 0.5) is 5.69 Å². The van der Waals surface area contributed by atoms with Crippen LogP contribution in [0, 0.1) is 0 Å². The Hall–Kier alpha value is -3.80. The molecule has 6 nitrogen and oxygen atoms in total. The number of carbonyl (C=O) groups excluding carboxylic acids is 1. The summed E-state index contributed by atoms with van der Waals surface area (Å²) < 4.78 is 14.3. The number of allylic oxidation sites excluding steroid dienone is 1. The van der Waals surface area contributed by atoms with E-state index < -0.39 is 0 Å². The number of aryl methyl sites for hydroxylation is 1. The molecule has 0 aliphatic carbocycles. The first-order valence-electron chi connectivity index (χ1n) is 16.1. The fourth-order valence-electron chi connectivity index (χ4n) is 4.93. The second-order valence-corrected chi connectivity index (χ2v) is 11.3. The summed E-state index contributed by atoms with van der Waals surface area (Å²) in [5.41, 5.74) is 3.24. The summed E-state index contributed by atoms with van der Waals surface area (Å²) in [5.74, 6) is 0.510. The Bertz CT molecular complexity index is 1400. The Morgan fingerprint density at radius 1 is 0.837 bits per heavy atom. The van der Waals surface area contributed by atoms with Crippen molar-refractivity contribution >= 4 is 28.6 Å². The molecule has 0 spiro atoms. The molecule has 0 atom stereocenters. The molecule has 1 amide bonds. The molecule has 0 fully saturated rings. The van der Waals surface area contributed by atoms with Crippen LogP contribution in [0.15, 0.2) is 71.1 Å². The Balaban J connectivity index is 1.95. The molecule has 3 rings (SSSR count). The number of pyridine rings is 1. The Kier molecular flexibility index (Phi) is 14.6. The van der Waals surface area contributed by atoms with Crippen molar-refractivity contribution in [1.29, 1.82) is 0 Å². The minimum atomic E-state index is -0.237. The van der Waals surface area contributed by atoms with Crippen LogP contribution in [0.2, 0.25) is 0 Å². The largest absolute Gasteiger partial charge is 0.485 e. The molecule has 1 N–H and O–H groups in total. The fourth-order valence-corrected chi connectivity index (χ4v) is 4.93. The number of carbonyl (C=O) groups is 1. The number of fused-ring (bicyclic) bond motifs is 1. The van der Waals surface area contributed by atoms with Crippen molar-refractivity contribution in [3.8, 4) is 11.5 Å². The predicted molar refractivity (Wildman–Crippen MR) is 180 cm³/mol. The van der Waals surface area contributed by atoms with Gasteiger partial charge >= 0.3 is 0 Å². The van der Waals surface area contributed by atoms with Crippen molar-refractivity contribution in [1.82, 2.24) is 4.57 Å². The lowest BCUT2D eigenvalue weighted by molar-refractivity contribution is -0.111. The molecular weight excluding hydrogens is 536 g/mol. The molecule has 0 radical (unpaired) electrons. The highest BCUT2D eigenvalue weighted by molar-refractivity contribution is 6.03. The number of hydrogen-bond acceptors (Lipinski definition) is 4. The highest BCUT2D eigenvalue weighted by Crippen LogP contribution is 2.35. The van der Waals surface area contributed by atoms with Crippen molar-refractivity contribution in [3.63, 3.8) is 0 Å². The van der Waals surface area contributed by atoms with Crippen LogP contribution < -0.4 is 20.3 Å². The fraction of sp³-hybridized carbons (Fsp3) is 0.459. The first-order valence-corrected chi connectivity index (χ1v) is 16.1. The molecule has 0 bridgehead atoms. The number of nitrogens with zero attached hydrogens (tertiary/aromatic N) is 1. The average Bonchev–Trinajstić information content (AvgIpc) is 3.00. The van der Waals surface area contributed by atoms with Gasteiger partial charge in [0.15, 0.2) is 5.75 Å². The highest BCUT2D eigenvalue weighted by Gasteiger charge is 2.20. The molecule has 232 valence electrons. The van der Waals surface area contributed by atoms with Crippen LogP contribution in [0.5, 0.6) is 11.5 Å². The average molecular weight is 587 g/mol. The Morgan fingerprint density at radius 3 is 2.26 bits per heavy atom. The standard InChI is InChI=1S/C37H50N2O4/c1-5-7-9-11-12-17-26-42-36-35(43-27-24-29(3)4)32-22-21-31(38-34(40)23-20-30-18-14-13-15-19-30)28-33(32)39(37(36)41)25-16-10-8-6-2/h13-15,18-24,28H,5-12,16-17,25-27H2,1-4H3,(H,38,40)/b23-20+. The minimum Gasteiger partial charge on any atom is -0.485 e. The van der Waals surface area contributed by atoms with E-state index in [0.717, 1.165) is 60.6 Å². The van der Waals surface area contributed by atoms with Crippen molar-refractivity contribution in [2.75, 3.05) is 18.5 Å². The number of anilines is 1. The normalized spacial score (nSPS) is 11.2. The first kappa shape index (κ1) is 33.7. The smallest absolute Gasteiger partial charge is 0.297 e. The van der Waals surface area contributed by atoms with E-state index in [0.29, 0.717) is 31.2 Å². The van der Waals surface area contributed by atoms with Gasteiger partial charge in [-0.3, -0.25) is 9.59 Å². The van der Waals surface area contributed by atoms with E-state index in [2.05, 4.69) is 19.2 Å². The van der Waals surface area contributed by atoms with Gasteiger partial charge in [0.1, 0.15) is 6.61 Å². The number of amides is 1. The maximum Gasteiger partial charge on any atom is 0.297 e. The summed E-state index contributed by atoms with van der Waals surface area (Å²) in [6, 6.07) is 15.3. The number of ether oxygens (including phenoxy) is 2. The maximum absolute atomic E-state index is 14.0. The van der Waals surface area contributed by atoms with Crippen LogP contribution in [-0.2, 0) is 11.3 Å². The first-order chi connectivity index (χ1) is 20.9. The van der Waals surface area contributed by atoms with E-state index in [9.17, 15) is 9.59 Å². The van der Waals surface area contributed by atoms with Gasteiger partial charge in [0.2, 0.25) is 11.7 Å². The second kappa shape index (κ2) is 18.7. The quantitative estimate of drug-likeness (QED) is 0.0863.